The zero-order chi connectivity index (χ0) is 19.3. The molecule has 1 heterocycles. The zero-order valence-electron chi connectivity index (χ0n) is 15.5. The number of hydrogen-bond donors (Lipinski definition) is 1. The van der Waals surface area contributed by atoms with E-state index >= 15 is 0 Å². The highest BCUT2D eigenvalue weighted by Gasteiger charge is 2.27. The first kappa shape index (κ1) is 20.1. The number of hydrogen-bond acceptors (Lipinski definition) is 3. The molecular formula is C19H26F2N2O3. The van der Waals surface area contributed by atoms with E-state index in [2.05, 4.69) is 5.32 Å². The van der Waals surface area contributed by atoms with Gasteiger partial charge in [-0.05, 0) is 57.7 Å². The van der Waals surface area contributed by atoms with Gasteiger partial charge in [-0.25, -0.2) is 13.6 Å². The van der Waals surface area contributed by atoms with Crippen molar-refractivity contribution in [1.29, 1.82) is 0 Å². The Morgan fingerprint density at radius 2 is 1.85 bits per heavy atom. The maximum atomic E-state index is 13.2. The Morgan fingerprint density at radius 1 is 1.19 bits per heavy atom. The van der Waals surface area contributed by atoms with Crippen LogP contribution in [0.3, 0.4) is 0 Å². The fourth-order valence-corrected chi connectivity index (χ4v) is 2.79. The largest absolute Gasteiger partial charge is 0.444 e. The van der Waals surface area contributed by atoms with E-state index in [0.717, 1.165) is 12.1 Å². The molecule has 144 valence electrons. The molecule has 1 aliphatic rings. The van der Waals surface area contributed by atoms with Crippen molar-refractivity contribution in [1.82, 2.24) is 10.2 Å². The van der Waals surface area contributed by atoms with Crippen LogP contribution in [0.2, 0.25) is 0 Å². The standard InChI is InChI=1S/C19H26F2N2O3/c1-19(2,3)26-18(25)23-10-8-14(9-11-23)22-17(24)7-5-13-4-6-15(20)16(21)12-13/h4,6,12,14H,5,7-11H2,1-3H3,(H,22,24). The van der Waals surface area contributed by atoms with Crippen molar-refractivity contribution in [3.05, 3.63) is 35.4 Å². The predicted octanol–water partition coefficient (Wildman–Crippen LogP) is 3.41. The van der Waals surface area contributed by atoms with E-state index in [9.17, 15) is 18.4 Å². The molecule has 1 aromatic carbocycles. The van der Waals surface area contributed by atoms with Crippen LogP contribution >= 0.6 is 0 Å². The molecule has 0 aromatic heterocycles. The van der Waals surface area contributed by atoms with Crippen molar-refractivity contribution in [2.75, 3.05) is 13.1 Å². The molecule has 7 heteroatoms. The Kier molecular flexibility index (Phi) is 6.56. The summed E-state index contributed by atoms with van der Waals surface area (Å²) in [6.45, 7) is 6.53. The second kappa shape index (κ2) is 8.47. The third kappa shape index (κ3) is 6.28. The maximum Gasteiger partial charge on any atom is 0.410 e. The summed E-state index contributed by atoms with van der Waals surface area (Å²) >= 11 is 0. The number of piperidine rings is 1. The summed E-state index contributed by atoms with van der Waals surface area (Å²) in [5.41, 5.74) is 0.0564. The summed E-state index contributed by atoms with van der Waals surface area (Å²) in [5.74, 6) is -1.93. The van der Waals surface area contributed by atoms with Crippen molar-refractivity contribution >= 4 is 12.0 Å². The number of benzene rings is 1. The smallest absolute Gasteiger partial charge is 0.410 e. The minimum atomic E-state index is -0.905. The average Bonchev–Trinajstić information content (AvgIpc) is 2.55. The summed E-state index contributed by atoms with van der Waals surface area (Å²) in [7, 11) is 0. The predicted molar refractivity (Wildman–Crippen MR) is 93.7 cm³/mol. The molecule has 0 atom stereocenters. The molecule has 0 saturated carbocycles. The molecular weight excluding hydrogens is 342 g/mol. The molecule has 0 spiro atoms. The van der Waals surface area contributed by atoms with Crippen LogP contribution in [0, 0.1) is 11.6 Å². The van der Waals surface area contributed by atoms with Crippen LogP contribution in [0.5, 0.6) is 0 Å². The number of nitrogens with one attached hydrogen (secondary N) is 1. The third-order valence-corrected chi connectivity index (χ3v) is 4.14. The Labute approximate surface area is 152 Å². The lowest BCUT2D eigenvalue weighted by Crippen LogP contribution is -2.47. The summed E-state index contributed by atoms with van der Waals surface area (Å²) in [6, 6.07) is 3.66. The summed E-state index contributed by atoms with van der Waals surface area (Å²) in [6.07, 6.45) is 1.55. The first-order valence-corrected chi connectivity index (χ1v) is 8.85. The average molecular weight is 368 g/mol. The number of carbonyl (C=O) groups excluding carboxylic acids is 2. The minimum absolute atomic E-state index is 0.00569. The highest BCUT2D eigenvalue weighted by Crippen LogP contribution is 2.16. The van der Waals surface area contributed by atoms with Crippen LogP contribution in [0.15, 0.2) is 18.2 Å². The molecule has 2 amide bonds. The van der Waals surface area contributed by atoms with Gasteiger partial charge in [0.1, 0.15) is 5.60 Å². The summed E-state index contributed by atoms with van der Waals surface area (Å²) < 4.78 is 31.4. The van der Waals surface area contributed by atoms with E-state index in [-0.39, 0.29) is 24.5 Å². The van der Waals surface area contributed by atoms with Gasteiger partial charge in [-0.2, -0.15) is 0 Å². The van der Waals surface area contributed by atoms with Crippen LogP contribution in [-0.4, -0.2) is 41.6 Å². The van der Waals surface area contributed by atoms with Gasteiger partial charge in [0.2, 0.25) is 5.91 Å². The summed E-state index contributed by atoms with van der Waals surface area (Å²) in [4.78, 5) is 25.7. The highest BCUT2D eigenvalue weighted by atomic mass is 19.2. The molecule has 0 bridgehead atoms. The van der Waals surface area contributed by atoms with Gasteiger partial charge < -0.3 is 15.0 Å². The van der Waals surface area contributed by atoms with Gasteiger partial charge in [-0.1, -0.05) is 6.07 Å². The normalized spacial score (nSPS) is 15.7. The summed E-state index contributed by atoms with van der Waals surface area (Å²) in [5, 5.41) is 2.94. The van der Waals surface area contributed by atoms with Gasteiger partial charge in [-0.3, -0.25) is 4.79 Å². The molecule has 1 aromatic rings. The van der Waals surface area contributed by atoms with Crippen LogP contribution in [0.1, 0.15) is 45.6 Å². The SMILES string of the molecule is CC(C)(C)OC(=O)N1CCC(NC(=O)CCc2ccc(F)c(F)c2)CC1. The van der Waals surface area contributed by atoms with Gasteiger partial charge in [0.25, 0.3) is 0 Å². The lowest BCUT2D eigenvalue weighted by Gasteiger charge is -2.33. The molecule has 26 heavy (non-hydrogen) atoms. The third-order valence-electron chi connectivity index (χ3n) is 4.14. The highest BCUT2D eigenvalue weighted by molar-refractivity contribution is 5.76. The second-order valence-electron chi connectivity index (χ2n) is 7.56. The number of halogens is 2. The number of ether oxygens (including phenoxy) is 1. The number of aryl methyl sites for hydroxylation is 1. The van der Waals surface area contributed by atoms with E-state index < -0.39 is 17.2 Å². The fourth-order valence-electron chi connectivity index (χ4n) is 2.79. The molecule has 1 saturated heterocycles. The van der Waals surface area contributed by atoms with Crippen LogP contribution < -0.4 is 5.32 Å². The number of likely N-dealkylation sites (tertiary alicyclic amines) is 1. The molecule has 1 aliphatic heterocycles. The van der Waals surface area contributed by atoms with E-state index in [1.165, 1.54) is 6.07 Å². The van der Waals surface area contributed by atoms with E-state index in [4.69, 9.17) is 4.74 Å². The minimum Gasteiger partial charge on any atom is -0.444 e. The molecule has 1 N–H and O–H groups in total. The first-order valence-electron chi connectivity index (χ1n) is 8.85. The van der Waals surface area contributed by atoms with Gasteiger partial charge in [0, 0.05) is 25.6 Å². The zero-order valence-corrected chi connectivity index (χ0v) is 15.5. The lowest BCUT2D eigenvalue weighted by molar-refractivity contribution is -0.122. The topological polar surface area (TPSA) is 58.6 Å². The van der Waals surface area contributed by atoms with Gasteiger partial charge >= 0.3 is 6.09 Å². The molecule has 0 unspecified atom stereocenters. The molecule has 0 aliphatic carbocycles. The van der Waals surface area contributed by atoms with Crippen molar-refractivity contribution in [2.24, 2.45) is 0 Å². The molecule has 5 nitrogen and oxygen atoms in total. The Balaban J connectivity index is 1.72. The molecule has 0 radical (unpaired) electrons. The van der Waals surface area contributed by atoms with E-state index in [1.54, 1.807) is 4.90 Å². The Morgan fingerprint density at radius 3 is 2.42 bits per heavy atom. The Hall–Kier alpha value is -2.18. The van der Waals surface area contributed by atoms with Gasteiger partial charge in [0.05, 0.1) is 0 Å². The van der Waals surface area contributed by atoms with Crippen molar-refractivity contribution in [2.45, 2.75) is 58.1 Å². The van der Waals surface area contributed by atoms with Crippen molar-refractivity contribution in [3.8, 4) is 0 Å². The van der Waals surface area contributed by atoms with E-state index in [0.29, 0.717) is 37.9 Å². The Bertz CT molecular complexity index is 651. The molecule has 1 fully saturated rings. The van der Waals surface area contributed by atoms with Crippen LogP contribution in [-0.2, 0) is 16.0 Å². The van der Waals surface area contributed by atoms with Crippen molar-refractivity contribution in [3.63, 3.8) is 0 Å². The van der Waals surface area contributed by atoms with Crippen molar-refractivity contribution < 1.29 is 23.1 Å². The van der Waals surface area contributed by atoms with E-state index in [1.807, 2.05) is 20.8 Å². The first-order chi connectivity index (χ1) is 12.1. The number of rotatable bonds is 4. The number of nitrogens with zero attached hydrogens (tertiary/aromatic N) is 1. The lowest BCUT2D eigenvalue weighted by atomic mass is 10.0. The second-order valence-corrected chi connectivity index (χ2v) is 7.56. The monoisotopic (exact) mass is 368 g/mol. The quantitative estimate of drug-likeness (QED) is 0.886. The van der Waals surface area contributed by atoms with Gasteiger partial charge in [0.15, 0.2) is 11.6 Å². The van der Waals surface area contributed by atoms with Gasteiger partial charge in [-0.15, -0.1) is 0 Å². The molecule has 2 rings (SSSR count). The fraction of sp³-hybridized carbons (Fsp3) is 0.579. The number of amides is 2. The number of carbonyl (C=O) groups is 2. The van der Waals surface area contributed by atoms with Crippen LogP contribution in [0.25, 0.3) is 0 Å². The maximum absolute atomic E-state index is 13.2. The van der Waals surface area contributed by atoms with Crippen LogP contribution in [0.4, 0.5) is 13.6 Å².